The first-order valence-electron chi connectivity index (χ1n) is 7.67. The summed E-state index contributed by atoms with van der Waals surface area (Å²) in [6, 6.07) is 6.50. The Hall–Kier alpha value is -2.52. The fourth-order valence-corrected chi connectivity index (χ4v) is 3.32. The lowest BCUT2D eigenvalue weighted by atomic mass is 10.0. The molecule has 1 amide bonds. The lowest BCUT2D eigenvalue weighted by molar-refractivity contribution is -0.120. The number of nitrogens with two attached hydrogens (primary N) is 1. The van der Waals surface area contributed by atoms with Gasteiger partial charge in [0.25, 0.3) is 15.9 Å². The number of rotatable bonds is 6. The van der Waals surface area contributed by atoms with Crippen molar-refractivity contribution < 1.29 is 13.2 Å². The highest BCUT2D eigenvalue weighted by molar-refractivity contribution is 7.90. The van der Waals surface area contributed by atoms with Crippen molar-refractivity contribution >= 4 is 15.9 Å². The fraction of sp³-hybridized carbons (Fsp3) is 0.312. The number of H-pyrrole nitrogens is 1. The molecule has 0 saturated heterocycles. The molecular formula is C16H20N4O4S. The Morgan fingerprint density at radius 3 is 2.68 bits per heavy atom. The van der Waals surface area contributed by atoms with Crippen LogP contribution in [-0.2, 0) is 14.8 Å². The summed E-state index contributed by atoms with van der Waals surface area (Å²) < 4.78 is 26.8. The van der Waals surface area contributed by atoms with Crippen molar-refractivity contribution in [3.05, 3.63) is 47.0 Å². The highest BCUT2D eigenvalue weighted by Crippen LogP contribution is 2.19. The standard InChI is InChI=1S/C16H20N4O4S/c1-10(2)8-13(17)15(21)20-25(23,24)12-5-3-4-11(9-12)14-6-7-18-16(22)19-14/h3-7,9-10,13H,8,17H2,1-2H3,(H,20,21)(H,18,19,22)/t13-/m0/s1. The van der Waals surface area contributed by atoms with Crippen LogP contribution in [-0.4, -0.2) is 30.3 Å². The van der Waals surface area contributed by atoms with Crippen molar-refractivity contribution in [2.24, 2.45) is 11.7 Å². The Bertz CT molecular complexity index is 921. The van der Waals surface area contributed by atoms with Crippen LogP contribution in [0.2, 0.25) is 0 Å². The molecule has 9 heteroatoms. The van der Waals surface area contributed by atoms with Gasteiger partial charge in [-0.25, -0.2) is 22.9 Å². The van der Waals surface area contributed by atoms with E-state index in [2.05, 4.69) is 9.97 Å². The number of carbonyl (C=O) groups is 1. The van der Waals surface area contributed by atoms with Gasteiger partial charge in [-0.15, -0.1) is 0 Å². The minimum atomic E-state index is -4.07. The first-order valence-corrected chi connectivity index (χ1v) is 9.15. The maximum Gasteiger partial charge on any atom is 0.345 e. The zero-order chi connectivity index (χ0) is 18.6. The average Bonchev–Trinajstić information content (AvgIpc) is 2.54. The maximum atomic E-state index is 12.4. The van der Waals surface area contributed by atoms with Gasteiger partial charge in [0.05, 0.1) is 16.6 Å². The molecule has 0 fully saturated rings. The summed E-state index contributed by atoms with van der Waals surface area (Å²) in [6.45, 7) is 3.78. The fourth-order valence-electron chi connectivity index (χ4n) is 2.25. The molecule has 0 spiro atoms. The van der Waals surface area contributed by atoms with Gasteiger partial charge in [0.2, 0.25) is 0 Å². The Morgan fingerprint density at radius 2 is 2.04 bits per heavy atom. The van der Waals surface area contributed by atoms with Crippen LogP contribution in [0, 0.1) is 5.92 Å². The minimum Gasteiger partial charge on any atom is -0.320 e. The molecular weight excluding hydrogens is 344 g/mol. The molecule has 1 atom stereocenters. The van der Waals surface area contributed by atoms with Gasteiger partial charge in [-0.05, 0) is 36.1 Å². The predicted octanol–water partition coefficient (Wildman–Crippen LogP) is 0.615. The van der Waals surface area contributed by atoms with Crippen LogP contribution in [0.5, 0.6) is 0 Å². The highest BCUT2D eigenvalue weighted by atomic mass is 32.2. The third-order valence-corrected chi connectivity index (χ3v) is 4.77. The van der Waals surface area contributed by atoms with E-state index in [0.717, 1.165) is 0 Å². The second-order valence-electron chi connectivity index (χ2n) is 6.02. The number of carbonyl (C=O) groups excluding carboxylic acids is 1. The zero-order valence-electron chi connectivity index (χ0n) is 13.9. The third-order valence-electron chi connectivity index (χ3n) is 3.43. The van der Waals surface area contributed by atoms with E-state index in [9.17, 15) is 18.0 Å². The first-order chi connectivity index (χ1) is 11.7. The maximum absolute atomic E-state index is 12.4. The van der Waals surface area contributed by atoms with Gasteiger partial charge in [-0.1, -0.05) is 26.0 Å². The summed E-state index contributed by atoms with van der Waals surface area (Å²) in [6.07, 6.45) is 1.70. The van der Waals surface area contributed by atoms with Crippen LogP contribution >= 0.6 is 0 Å². The number of hydrogen-bond acceptors (Lipinski definition) is 6. The number of sulfonamides is 1. The summed E-state index contributed by atoms with van der Waals surface area (Å²) >= 11 is 0. The number of nitrogens with one attached hydrogen (secondary N) is 2. The zero-order valence-corrected chi connectivity index (χ0v) is 14.7. The monoisotopic (exact) mass is 364 g/mol. The van der Waals surface area contributed by atoms with Crippen LogP contribution in [0.25, 0.3) is 11.3 Å². The lowest BCUT2D eigenvalue weighted by Gasteiger charge is -2.14. The number of nitrogens with zero attached hydrogens (tertiary/aromatic N) is 1. The molecule has 2 aromatic rings. The molecule has 1 aromatic carbocycles. The van der Waals surface area contributed by atoms with Gasteiger partial charge in [-0.3, -0.25) is 4.79 Å². The summed E-state index contributed by atoms with van der Waals surface area (Å²) in [4.78, 5) is 29.2. The van der Waals surface area contributed by atoms with E-state index < -0.39 is 27.7 Å². The quantitative estimate of drug-likeness (QED) is 0.687. The molecule has 0 saturated carbocycles. The van der Waals surface area contributed by atoms with E-state index in [4.69, 9.17) is 5.73 Å². The topological polar surface area (TPSA) is 135 Å². The number of hydrogen-bond donors (Lipinski definition) is 3. The molecule has 134 valence electrons. The smallest absolute Gasteiger partial charge is 0.320 e. The van der Waals surface area contributed by atoms with E-state index in [0.29, 0.717) is 17.7 Å². The summed E-state index contributed by atoms with van der Waals surface area (Å²) in [5.41, 5.74) is 6.07. The largest absolute Gasteiger partial charge is 0.345 e. The second kappa shape index (κ2) is 7.58. The van der Waals surface area contributed by atoms with Gasteiger partial charge in [-0.2, -0.15) is 0 Å². The van der Waals surface area contributed by atoms with Gasteiger partial charge in [0.15, 0.2) is 0 Å². The normalized spacial score (nSPS) is 12.8. The van der Waals surface area contributed by atoms with Crippen LogP contribution in [0.3, 0.4) is 0 Å². The van der Waals surface area contributed by atoms with Gasteiger partial charge < -0.3 is 10.7 Å². The number of aromatic nitrogens is 2. The number of amides is 1. The Kier molecular flexibility index (Phi) is 5.70. The Labute approximate surface area is 145 Å². The van der Waals surface area contributed by atoms with E-state index in [1.165, 1.54) is 24.4 Å². The molecule has 0 aliphatic rings. The van der Waals surface area contributed by atoms with Crippen molar-refractivity contribution in [3.8, 4) is 11.3 Å². The van der Waals surface area contributed by atoms with Gasteiger partial charge >= 0.3 is 5.69 Å². The van der Waals surface area contributed by atoms with Crippen LogP contribution in [0.4, 0.5) is 0 Å². The third kappa shape index (κ3) is 4.97. The molecule has 0 unspecified atom stereocenters. The average molecular weight is 364 g/mol. The molecule has 1 aromatic heterocycles. The van der Waals surface area contributed by atoms with Crippen molar-refractivity contribution in [2.75, 3.05) is 0 Å². The van der Waals surface area contributed by atoms with Gasteiger partial charge in [0, 0.05) is 6.20 Å². The Balaban J connectivity index is 2.27. The molecule has 2 rings (SSSR count). The molecule has 8 nitrogen and oxygen atoms in total. The lowest BCUT2D eigenvalue weighted by Crippen LogP contribution is -2.43. The van der Waals surface area contributed by atoms with E-state index in [1.54, 1.807) is 12.1 Å². The summed E-state index contributed by atoms with van der Waals surface area (Å²) in [5.74, 6) is -0.591. The second-order valence-corrected chi connectivity index (χ2v) is 7.70. The number of benzene rings is 1. The minimum absolute atomic E-state index is 0.104. The molecule has 1 heterocycles. The molecule has 0 aliphatic carbocycles. The van der Waals surface area contributed by atoms with E-state index in [-0.39, 0.29) is 10.8 Å². The van der Waals surface area contributed by atoms with Crippen LogP contribution in [0.15, 0.2) is 46.2 Å². The molecule has 4 N–H and O–H groups in total. The van der Waals surface area contributed by atoms with Crippen molar-refractivity contribution in [1.82, 2.24) is 14.7 Å². The summed E-state index contributed by atoms with van der Waals surface area (Å²) in [7, 11) is -4.07. The predicted molar refractivity (Wildman–Crippen MR) is 93.1 cm³/mol. The molecule has 0 aliphatic heterocycles. The van der Waals surface area contributed by atoms with Crippen LogP contribution < -0.4 is 16.1 Å². The highest BCUT2D eigenvalue weighted by Gasteiger charge is 2.23. The summed E-state index contributed by atoms with van der Waals surface area (Å²) in [5, 5.41) is 0. The van der Waals surface area contributed by atoms with Crippen molar-refractivity contribution in [2.45, 2.75) is 31.2 Å². The van der Waals surface area contributed by atoms with Crippen molar-refractivity contribution in [1.29, 1.82) is 0 Å². The van der Waals surface area contributed by atoms with E-state index in [1.807, 2.05) is 18.6 Å². The molecule has 25 heavy (non-hydrogen) atoms. The van der Waals surface area contributed by atoms with Crippen LogP contribution in [0.1, 0.15) is 20.3 Å². The van der Waals surface area contributed by atoms with Crippen molar-refractivity contribution in [3.63, 3.8) is 0 Å². The first kappa shape index (κ1) is 18.8. The Morgan fingerprint density at radius 1 is 1.32 bits per heavy atom. The van der Waals surface area contributed by atoms with E-state index >= 15 is 0 Å². The number of aromatic amines is 1. The van der Waals surface area contributed by atoms with Gasteiger partial charge in [0.1, 0.15) is 0 Å². The molecule has 0 radical (unpaired) electrons. The molecule has 0 bridgehead atoms. The SMILES string of the molecule is CC(C)C[C@H](N)C(=O)NS(=O)(=O)c1cccc(-c2ccnc(=O)[nH]2)c1.